The van der Waals surface area contributed by atoms with Gasteiger partial charge in [-0.25, -0.2) is 9.18 Å². The van der Waals surface area contributed by atoms with E-state index in [0.29, 0.717) is 0 Å². The number of carbonyl (C=O) groups excluding carboxylic acids is 4. The molecule has 27 heavy (non-hydrogen) atoms. The minimum atomic E-state index is -1.23. The molecule has 0 heterocycles. The molecule has 0 aliphatic carbocycles. The highest BCUT2D eigenvalue weighted by Gasteiger charge is 2.26. The van der Waals surface area contributed by atoms with Crippen LogP contribution in [0, 0.1) is 11.7 Å². The molecule has 1 aromatic rings. The van der Waals surface area contributed by atoms with Gasteiger partial charge in [0, 0.05) is 12.0 Å². The average Bonchev–Trinajstić information content (AvgIpc) is 2.52. The first-order valence-corrected chi connectivity index (χ1v) is 8.52. The fraction of sp³-hybridized carbons (Fsp3) is 0.474. The van der Waals surface area contributed by atoms with Crippen LogP contribution < -0.4 is 10.6 Å². The maximum absolute atomic E-state index is 13.6. The van der Waals surface area contributed by atoms with Crippen LogP contribution in [0.25, 0.3) is 0 Å². The van der Waals surface area contributed by atoms with Crippen molar-refractivity contribution in [3.8, 4) is 0 Å². The summed E-state index contributed by atoms with van der Waals surface area (Å²) >= 11 is 0. The zero-order valence-corrected chi connectivity index (χ0v) is 16.1. The topological polar surface area (TPSA) is 102 Å². The number of benzene rings is 1. The fourth-order valence-electron chi connectivity index (χ4n) is 2.09. The third-order valence-corrected chi connectivity index (χ3v) is 3.46. The maximum Gasteiger partial charge on any atom is 0.321 e. The smallest absolute Gasteiger partial charge is 0.321 e. The van der Waals surface area contributed by atoms with Gasteiger partial charge in [0.1, 0.15) is 5.82 Å². The Morgan fingerprint density at radius 1 is 1.11 bits per heavy atom. The van der Waals surface area contributed by atoms with Crippen molar-refractivity contribution in [1.29, 1.82) is 0 Å². The number of ether oxygens (including phenoxy) is 1. The molecule has 0 bridgehead atoms. The number of nitrogens with one attached hydrogen (secondary N) is 2. The van der Waals surface area contributed by atoms with Crippen LogP contribution in [0.2, 0.25) is 0 Å². The Kier molecular flexibility index (Phi) is 7.63. The molecule has 148 valence electrons. The van der Waals surface area contributed by atoms with E-state index in [0.717, 1.165) is 6.07 Å². The van der Waals surface area contributed by atoms with Gasteiger partial charge in [-0.15, -0.1) is 0 Å². The molecule has 2 unspecified atom stereocenters. The van der Waals surface area contributed by atoms with E-state index in [1.165, 1.54) is 32.0 Å². The van der Waals surface area contributed by atoms with Crippen LogP contribution in [0.4, 0.5) is 9.18 Å². The lowest BCUT2D eigenvalue weighted by atomic mass is 9.99. The number of hydrogen-bond donors (Lipinski definition) is 2. The summed E-state index contributed by atoms with van der Waals surface area (Å²) in [4.78, 5) is 47.8. The van der Waals surface area contributed by atoms with Gasteiger partial charge in [-0.05, 0) is 39.8 Å². The first-order valence-electron chi connectivity index (χ1n) is 8.52. The molecular formula is C19H25FN2O5. The van der Waals surface area contributed by atoms with Crippen LogP contribution in [0.5, 0.6) is 0 Å². The van der Waals surface area contributed by atoms with Crippen LogP contribution >= 0.6 is 0 Å². The number of carbonyl (C=O) groups is 4. The molecule has 2 N–H and O–H groups in total. The number of Topliss-reactive ketones (excluding diaryl/α,β-unsaturated/α-hetero) is 1. The van der Waals surface area contributed by atoms with Crippen molar-refractivity contribution in [3.05, 3.63) is 35.6 Å². The number of urea groups is 1. The van der Waals surface area contributed by atoms with E-state index in [1.54, 1.807) is 20.8 Å². The van der Waals surface area contributed by atoms with Crippen molar-refractivity contribution in [3.63, 3.8) is 0 Å². The normalized spacial score (nSPS) is 13.3. The number of ketones is 1. The molecule has 7 nitrogen and oxygen atoms in total. The van der Waals surface area contributed by atoms with Crippen molar-refractivity contribution in [1.82, 2.24) is 10.6 Å². The van der Waals surface area contributed by atoms with Crippen LogP contribution in [0.3, 0.4) is 0 Å². The number of esters is 1. The zero-order valence-electron chi connectivity index (χ0n) is 16.1. The lowest BCUT2D eigenvalue weighted by Crippen LogP contribution is -2.50. The standard InChI is InChI=1S/C19H25FN2O5/c1-11(10-15(23)13-8-6-7-9-14(13)20)17(25)27-12(2)16(24)21-18(26)22-19(3,4)5/h6-9,11-12H,10H2,1-5H3,(H2,21,22,24,26). The van der Waals surface area contributed by atoms with Crippen molar-refractivity contribution < 1.29 is 28.3 Å². The quantitative estimate of drug-likeness (QED) is 0.583. The van der Waals surface area contributed by atoms with Gasteiger partial charge in [0.15, 0.2) is 11.9 Å². The highest BCUT2D eigenvalue weighted by Crippen LogP contribution is 2.15. The molecule has 3 amide bonds. The van der Waals surface area contributed by atoms with Gasteiger partial charge in [-0.1, -0.05) is 19.1 Å². The molecule has 0 aliphatic heterocycles. The van der Waals surface area contributed by atoms with Gasteiger partial charge in [0.25, 0.3) is 5.91 Å². The minimum Gasteiger partial charge on any atom is -0.452 e. The van der Waals surface area contributed by atoms with Crippen LogP contribution in [0.15, 0.2) is 24.3 Å². The van der Waals surface area contributed by atoms with Crippen molar-refractivity contribution >= 4 is 23.7 Å². The summed E-state index contributed by atoms with van der Waals surface area (Å²) in [5.41, 5.74) is -0.645. The van der Waals surface area contributed by atoms with E-state index in [9.17, 15) is 23.6 Å². The van der Waals surface area contributed by atoms with E-state index in [1.807, 2.05) is 0 Å². The van der Waals surface area contributed by atoms with Gasteiger partial charge in [-0.2, -0.15) is 0 Å². The number of halogens is 1. The number of amides is 3. The first-order chi connectivity index (χ1) is 12.4. The average molecular weight is 380 g/mol. The van der Waals surface area contributed by atoms with E-state index < -0.39 is 47.1 Å². The second-order valence-corrected chi connectivity index (χ2v) is 7.28. The summed E-state index contributed by atoms with van der Waals surface area (Å²) in [6.07, 6.45) is -1.49. The number of hydrogen-bond acceptors (Lipinski definition) is 5. The summed E-state index contributed by atoms with van der Waals surface area (Å²) in [5, 5.41) is 4.61. The lowest BCUT2D eigenvalue weighted by Gasteiger charge is -2.21. The van der Waals surface area contributed by atoms with Crippen molar-refractivity contribution in [2.45, 2.75) is 52.7 Å². The summed E-state index contributed by atoms with van der Waals surface area (Å²) in [7, 11) is 0. The predicted molar refractivity (Wildman–Crippen MR) is 96.5 cm³/mol. The first kappa shape index (κ1) is 22.3. The summed E-state index contributed by atoms with van der Waals surface area (Å²) in [6.45, 7) is 7.99. The fourth-order valence-corrected chi connectivity index (χ4v) is 2.09. The maximum atomic E-state index is 13.6. The molecule has 1 rings (SSSR count). The molecule has 2 atom stereocenters. The SMILES string of the molecule is CC(CC(=O)c1ccccc1F)C(=O)OC(C)C(=O)NC(=O)NC(C)(C)C. The summed E-state index contributed by atoms with van der Waals surface area (Å²) in [5.74, 6) is -3.67. The van der Waals surface area contributed by atoms with E-state index in [2.05, 4.69) is 10.6 Å². The molecule has 1 aromatic carbocycles. The van der Waals surface area contributed by atoms with E-state index >= 15 is 0 Å². The second kappa shape index (κ2) is 9.25. The number of rotatable bonds is 6. The lowest BCUT2D eigenvalue weighted by molar-refractivity contribution is -0.157. The summed E-state index contributed by atoms with van der Waals surface area (Å²) < 4.78 is 18.6. The molecule has 0 aliphatic rings. The van der Waals surface area contributed by atoms with E-state index in [-0.39, 0.29) is 12.0 Å². The Morgan fingerprint density at radius 3 is 2.26 bits per heavy atom. The Bertz CT molecular complexity index is 727. The zero-order chi connectivity index (χ0) is 20.8. The highest BCUT2D eigenvalue weighted by molar-refractivity contribution is 5.99. The van der Waals surface area contributed by atoms with Gasteiger partial charge >= 0.3 is 12.0 Å². The predicted octanol–water partition coefficient (Wildman–Crippen LogP) is 2.59. The van der Waals surface area contributed by atoms with Crippen LogP contribution in [0.1, 0.15) is 51.4 Å². The van der Waals surface area contributed by atoms with E-state index in [4.69, 9.17) is 4.74 Å². The Balaban J connectivity index is 2.56. The highest BCUT2D eigenvalue weighted by atomic mass is 19.1. The summed E-state index contributed by atoms with van der Waals surface area (Å²) in [6, 6.07) is 4.76. The monoisotopic (exact) mass is 380 g/mol. The largest absolute Gasteiger partial charge is 0.452 e. The van der Waals surface area contributed by atoms with Crippen molar-refractivity contribution in [2.24, 2.45) is 5.92 Å². The van der Waals surface area contributed by atoms with Crippen LogP contribution in [-0.2, 0) is 14.3 Å². The second-order valence-electron chi connectivity index (χ2n) is 7.28. The third kappa shape index (κ3) is 7.55. The minimum absolute atomic E-state index is 0.109. The number of imide groups is 1. The molecule has 0 fully saturated rings. The molecule has 0 saturated carbocycles. The molecule has 8 heteroatoms. The molecule has 0 radical (unpaired) electrons. The Morgan fingerprint density at radius 2 is 1.70 bits per heavy atom. The molecular weight excluding hydrogens is 355 g/mol. The Labute approximate surface area is 157 Å². The van der Waals surface area contributed by atoms with Gasteiger partial charge in [-0.3, -0.25) is 19.7 Å². The Hall–Kier alpha value is -2.77. The molecule has 0 aromatic heterocycles. The van der Waals surface area contributed by atoms with Crippen LogP contribution in [-0.4, -0.2) is 35.3 Å². The van der Waals surface area contributed by atoms with Gasteiger partial charge in [0.2, 0.25) is 0 Å². The van der Waals surface area contributed by atoms with Gasteiger partial charge in [0.05, 0.1) is 11.5 Å². The van der Waals surface area contributed by atoms with Crippen molar-refractivity contribution in [2.75, 3.05) is 0 Å². The van der Waals surface area contributed by atoms with Gasteiger partial charge < -0.3 is 10.1 Å². The molecule has 0 saturated heterocycles. The molecule has 0 spiro atoms. The third-order valence-electron chi connectivity index (χ3n) is 3.46.